The predicted molar refractivity (Wildman–Crippen MR) is 118 cm³/mol. The molecule has 1 fully saturated rings. The van der Waals surface area contributed by atoms with E-state index in [1.54, 1.807) is 18.3 Å². The number of pyridine rings is 1. The Balaban J connectivity index is 1.39. The third-order valence-corrected chi connectivity index (χ3v) is 6.36. The van der Waals surface area contributed by atoms with Crippen molar-refractivity contribution >= 4 is 16.5 Å². The monoisotopic (exact) mass is 408 g/mol. The fraction of sp³-hybridized carbons (Fsp3) is 0.391. The molecule has 2 aromatic heterocycles. The lowest BCUT2D eigenvalue weighted by Crippen LogP contribution is -2.22. The molecule has 2 atom stereocenters. The highest BCUT2D eigenvalue weighted by molar-refractivity contribution is 7.15. The maximum atomic E-state index is 9.50. The van der Waals surface area contributed by atoms with Gasteiger partial charge in [0.2, 0.25) is 0 Å². The molecule has 6 heteroatoms. The minimum absolute atomic E-state index is 0.413. The minimum Gasteiger partial charge on any atom is -0.374 e. The van der Waals surface area contributed by atoms with Crippen molar-refractivity contribution in [1.82, 2.24) is 14.9 Å². The van der Waals surface area contributed by atoms with Gasteiger partial charge in [-0.3, -0.25) is 9.88 Å². The fourth-order valence-electron chi connectivity index (χ4n) is 3.97. The van der Waals surface area contributed by atoms with Gasteiger partial charge in [-0.25, -0.2) is 4.98 Å². The molecule has 0 aliphatic carbocycles. The summed E-state index contributed by atoms with van der Waals surface area (Å²) in [5.74, 6) is 0. The van der Waals surface area contributed by atoms with Gasteiger partial charge in [0.1, 0.15) is 6.23 Å². The Morgan fingerprint density at radius 2 is 1.97 bits per heavy atom. The van der Waals surface area contributed by atoms with E-state index in [0.29, 0.717) is 6.04 Å². The number of aliphatic hydroxyl groups excluding tert-OH is 1. The first kappa shape index (κ1) is 20.0. The SMILES string of the molecule is Cc1cc(Cc2ccc(CN3CCC[C@H]3c3cnc(NC(C)O)s3)cc2)ccn1. The Bertz CT molecular complexity index is 938. The molecule has 29 heavy (non-hydrogen) atoms. The van der Waals surface area contributed by atoms with Crippen LogP contribution in [0.2, 0.25) is 0 Å². The lowest BCUT2D eigenvalue weighted by atomic mass is 10.0. The largest absolute Gasteiger partial charge is 0.374 e. The second-order valence-electron chi connectivity index (χ2n) is 7.82. The van der Waals surface area contributed by atoms with Crippen LogP contribution < -0.4 is 5.32 Å². The van der Waals surface area contributed by atoms with Crippen LogP contribution in [-0.2, 0) is 13.0 Å². The average Bonchev–Trinajstić information content (AvgIpc) is 3.32. The summed E-state index contributed by atoms with van der Waals surface area (Å²) in [4.78, 5) is 12.5. The summed E-state index contributed by atoms with van der Waals surface area (Å²) in [6.45, 7) is 5.81. The van der Waals surface area contributed by atoms with Gasteiger partial charge in [0.15, 0.2) is 5.13 Å². The van der Waals surface area contributed by atoms with Crippen molar-refractivity contribution in [2.75, 3.05) is 11.9 Å². The molecule has 1 unspecified atom stereocenters. The maximum absolute atomic E-state index is 9.50. The second-order valence-corrected chi connectivity index (χ2v) is 8.88. The molecule has 0 saturated carbocycles. The van der Waals surface area contributed by atoms with E-state index in [-0.39, 0.29) is 0 Å². The standard InChI is InChI=1S/C23H28N4OS/c1-16-12-20(9-10-24-16)13-18-5-7-19(8-6-18)15-27-11-3-4-21(27)22-14-25-23(29-22)26-17(2)28/h5-10,12,14,17,21,28H,3-4,11,13,15H2,1-2H3,(H,25,26)/t17?,21-/m0/s1. The highest BCUT2D eigenvalue weighted by Gasteiger charge is 2.27. The number of benzene rings is 1. The molecule has 0 bridgehead atoms. The van der Waals surface area contributed by atoms with E-state index in [1.807, 2.05) is 19.3 Å². The number of nitrogens with zero attached hydrogens (tertiary/aromatic N) is 3. The van der Waals surface area contributed by atoms with Crippen LogP contribution in [0.1, 0.15) is 53.1 Å². The number of hydrogen-bond donors (Lipinski definition) is 2. The Morgan fingerprint density at radius 3 is 2.72 bits per heavy atom. The fourth-order valence-corrected chi connectivity index (χ4v) is 5.04. The van der Waals surface area contributed by atoms with Gasteiger partial charge in [-0.05, 0) is 68.5 Å². The Kier molecular flexibility index (Phi) is 6.23. The molecule has 152 valence electrons. The van der Waals surface area contributed by atoms with E-state index in [9.17, 15) is 5.11 Å². The highest BCUT2D eigenvalue weighted by atomic mass is 32.1. The van der Waals surface area contributed by atoms with Crippen molar-refractivity contribution in [3.8, 4) is 0 Å². The van der Waals surface area contributed by atoms with Crippen molar-refractivity contribution < 1.29 is 5.11 Å². The molecule has 1 aromatic carbocycles. The smallest absolute Gasteiger partial charge is 0.184 e. The molecular weight excluding hydrogens is 380 g/mol. The summed E-state index contributed by atoms with van der Waals surface area (Å²) in [6, 6.07) is 13.7. The van der Waals surface area contributed by atoms with E-state index in [4.69, 9.17) is 0 Å². The number of nitrogens with one attached hydrogen (secondary N) is 1. The average molecular weight is 409 g/mol. The van der Waals surface area contributed by atoms with Crippen molar-refractivity contribution in [2.45, 2.75) is 51.9 Å². The summed E-state index contributed by atoms with van der Waals surface area (Å²) >= 11 is 1.65. The summed E-state index contributed by atoms with van der Waals surface area (Å²) in [7, 11) is 0. The Labute approximate surface area is 176 Å². The normalized spacial score (nSPS) is 18.1. The molecule has 1 aliphatic heterocycles. The van der Waals surface area contributed by atoms with Crippen LogP contribution in [0.4, 0.5) is 5.13 Å². The van der Waals surface area contributed by atoms with Gasteiger partial charge >= 0.3 is 0 Å². The van der Waals surface area contributed by atoms with Crippen molar-refractivity contribution in [3.63, 3.8) is 0 Å². The first-order valence-electron chi connectivity index (χ1n) is 10.2. The minimum atomic E-state index is -0.580. The molecule has 1 saturated heterocycles. The van der Waals surface area contributed by atoms with Crippen LogP contribution in [-0.4, -0.2) is 32.7 Å². The van der Waals surface area contributed by atoms with Crippen LogP contribution in [0.5, 0.6) is 0 Å². The summed E-state index contributed by atoms with van der Waals surface area (Å²) in [5.41, 5.74) is 5.04. The zero-order valence-electron chi connectivity index (χ0n) is 17.0. The number of anilines is 1. The lowest BCUT2D eigenvalue weighted by molar-refractivity contribution is 0.224. The van der Waals surface area contributed by atoms with Gasteiger partial charge in [0, 0.05) is 35.6 Å². The van der Waals surface area contributed by atoms with Crippen molar-refractivity contribution in [1.29, 1.82) is 0 Å². The zero-order chi connectivity index (χ0) is 20.2. The van der Waals surface area contributed by atoms with E-state index >= 15 is 0 Å². The van der Waals surface area contributed by atoms with Gasteiger partial charge in [-0.15, -0.1) is 11.3 Å². The van der Waals surface area contributed by atoms with E-state index in [0.717, 1.165) is 36.8 Å². The van der Waals surface area contributed by atoms with Crippen molar-refractivity contribution in [3.05, 3.63) is 76.1 Å². The first-order chi connectivity index (χ1) is 14.1. The van der Waals surface area contributed by atoms with Gasteiger partial charge in [-0.2, -0.15) is 0 Å². The van der Waals surface area contributed by atoms with Gasteiger partial charge in [0.05, 0.1) is 0 Å². The van der Waals surface area contributed by atoms with E-state index in [2.05, 4.69) is 56.6 Å². The Hall–Kier alpha value is -2.28. The highest BCUT2D eigenvalue weighted by Crippen LogP contribution is 2.37. The van der Waals surface area contributed by atoms with Crippen LogP contribution in [0.15, 0.2) is 48.8 Å². The topological polar surface area (TPSA) is 61.3 Å². The molecule has 0 amide bonds. The number of rotatable bonds is 7. The van der Waals surface area contributed by atoms with Crippen LogP contribution in [0, 0.1) is 6.92 Å². The molecule has 5 nitrogen and oxygen atoms in total. The summed E-state index contributed by atoms with van der Waals surface area (Å²) < 4.78 is 0. The lowest BCUT2D eigenvalue weighted by Gasteiger charge is -2.23. The number of thiazole rings is 1. The molecule has 2 N–H and O–H groups in total. The summed E-state index contributed by atoms with van der Waals surface area (Å²) in [6.07, 6.45) is 6.57. The molecule has 1 aliphatic rings. The number of aromatic nitrogens is 2. The summed E-state index contributed by atoms with van der Waals surface area (Å²) in [5, 5.41) is 13.3. The number of aryl methyl sites for hydroxylation is 1. The molecule has 4 rings (SSSR count). The number of hydrogen-bond acceptors (Lipinski definition) is 6. The zero-order valence-corrected chi connectivity index (χ0v) is 17.8. The van der Waals surface area contributed by atoms with Crippen LogP contribution in [0.3, 0.4) is 0 Å². The van der Waals surface area contributed by atoms with Crippen molar-refractivity contribution in [2.24, 2.45) is 0 Å². The molecule has 0 spiro atoms. The molecule has 0 radical (unpaired) electrons. The van der Waals surface area contributed by atoms with Crippen LogP contribution >= 0.6 is 11.3 Å². The number of aliphatic hydroxyl groups is 1. The van der Waals surface area contributed by atoms with E-state index in [1.165, 1.54) is 28.0 Å². The predicted octanol–water partition coefficient (Wildman–Crippen LogP) is 4.52. The maximum Gasteiger partial charge on any atom is 0.184 e. The van der Waals surface area contributed by atoms with Gasteiger partial charge < -0.3 is 10.4 Å². The second kappa shape index (κ2) is 9.03. The molecule has 3 aromatic rings. The quantitative estimate of drug-likeness (QED) is 0.563. The first-order valence-corrected chi connectivity index (χ1v) is 11.0. The molecule has 3 heterocycles. The third kappa shape index (κ3) is 5.21. The van der Waals surface area contributed by atoms with Crippen LogP contribution in [0.25, 0.3) is 0 Å². The Morgan fingerprint density at radius 1 is 1.17 bits per heavy atom. The van der Waals surface area contributed by atoms with Gasteiger partial charge in [0.25, 0.3) is 0 Å². The van der Waals surface area contributed by atoms with E-state index < -0.39 is 6.23 Å². The molecular formula is C23H28N4OS. The number of likely N-dealkylation sites (tertiary alicyclic amines) is 1. The van der Waals surface area contributed by atoms with Gasteiger partial charge in [-0.1, -0.05) is 24.3 Å². The third-order valence-electron chi connectivity index (χ3n) is 5.33.